The van der Waals surface area contributed by atoms with Gasteiger partial charge in [0.2, 0.25) is 0 Å². The van der Waals surface area contributed by atoms with Crippen LogP contribution in [0.5, 0.6) is 0 Å². The summed E-state index contributed by atoms with van der Waals surface area (Å²) in [5.74, 6) is -0.820. The van der Waals surface area contributed by atoms with E-state index >= 15 is 0 Å². The van der Waals surface area contributed by atoms with E-state index in [1.807, 2.05) is 13.8 Å². The SMILES string of the molecule is CC(C)NC(CCOCC1CCCO1)C(=O)O. The van der Waals surface area contributed by atoms with Gasteiger partial charge in [0.15, 0.2) is 0 Å². The third kappa shape index (κ3) is 6.00. The number of rotatable bonds is 8. The summed E-state index contributed by atoms with van der Waals surface area (Å²) in [4.78, 5) is 10.9. The van der Waals surface area contributed by atoms with Crippen molar-refractivity contribution in [2.75, 3.05) is 19.8 Å². The molecular formula is C12H23NO4. The minimum atomic E-state index is -0.820. The predicted octanol–water partition coefficient (Wildman–Crippen LogP) is 1.02. The summed E-state index contributed by atoms with van der Waals surface area (Å²) >= 11 is 0. The van der Waals surface area contributed by atoms with E-state index in [0.29, 0.717) is 19.6 Å². The van der Waals surface area contributed by atoms with Gasteiger partial charge < -0.3 is 19.9 Å². The molecule has 0 aliphatic carbocycles. The molecule has 1 heterocycles. The van der Waals surface area contributed by atoms with Crippen LogP contribution in [0, 0.1) is 0 Å². The summed E-state index contributed by atoms with van der Waals surface area (Å²) in [6.07, 6.45) is 2.84. The number of carbonyl (C=O) groups is 1. The van der Waals surface area contributed by atoms with Crippen LogP contribution in [0.15, 0.2) is 0 Å². The van der Waals surface area contributed by atoms with E-state index in [2.05, 4.69) is 5.32 Å². The van der Waals surface area contributed by atoms with Crippen LogP contribution in [0.4, 0.5) is 0 Å². The Hall–Kier alpha value is -0.650. The maximum Gasteiger partial charge on any atom is 0.320 e. The first kappa shape index (κ1) is 14.4. The monoisotopic (exact) mass is 245 g/mol. The number of ether oxygens (including phenoxy) is 2. The Labute approximate surface area is 102 Å². The second-order valence-electron chi connectivity index (χ2n) is 4.71. The number of carboxylic acid groups (broad SMARTS) is 1. The van der Waals surface area contributed by atoms with Crippen LogP contribution < -0.4 is 5.32 Å². The van der Waals surface area contributed by atoms with Gasteiger partial charge in [-0.3, -0.25) is 4.79 Å². The third-order valence-corrected chi connectivity index (χ3v) is 2.71. The van der Waals surface area contributed by atoms with Crippen molar-refractivity contribution in [3.8, 4) is 0 Å². The maximum atomic E-state index is 10.9. The normalized spacial score (nSPS) is 21.9. The summed E-state index contributed by atoms with van der Waals surface area (Å²) in [5, 5.41) is 12.0. The minimum absolute atomic E-state index is 0.161. The minimum Gasteiger partial charge on any atom is -0.480 e. The maximum absolute atomic E-state index is 10.9. The van der Waals surface area contributed by atoms with E-state index < -0.39 is 12.0 Å². The molecule has 0 spiro atoms. The average molecular weight is 245 g/mol. The molecule has 2 unspecified atom stereocenters. The number of carboxylic acids is 1. The van der Waals surface area contributed by atoms with Gasteiger partial charge in [-0.05, 0) is 19.3 Å². The zero-order valence-electron chi connectivity index (χ0n) is 10.6. The molecule has 1 aliphatic heterocycles. The van der Waals surface area contributed by atoms with Crippen LogP contribution in [0.1, 0.15) is 33.1 Å². The molecule has 0 radical (unpaired) electrons. The fourth-order valence-corrected chi connectivity index (χ4v) is 1.87. The van der Waals surface area contributed by atoms with Crippen molar-refractivity contribution in [2.24, 2.45) is 0 Å². The lowest BCUT2D eigenvalue weighted by molar-refractivity contribution is -0.140. The quantitative estimate of drug-likeness (QED) is 0.625. The van der Waals surface area contributed by atoms with Crippen molar-refractivity contribution >= 4 is 5.97 Å². The molecule has 0 bridgehead atoms. The van der Waals surface area contributed by atoms with Crippen LogP contribution in [0.2, 0.25) is 0 Å². The van der Waals surface area contributed by atoms with E-state index in [1.165, 1.54) is 0 Å². The molecule has 1 saturated heterocycles. The van der Waals surface area contributed by atoms with E-state index in [9.17, 15) is 4.79 Å². The van der Waals surface area contributed by atoms with Gasteiger partial charge in [-0.2, -0.15) is 0 Å². The molecule has 0 aromatic carbocycles. The van der Waals surface area contributed by atoms with Gasteiger partial charge in [-0.25, -0.2) is 0 Å². The lowest BCUT2D eigenvalue weighted by atomic mass is 10.2. The van der Waals surface area contributed by atoms with Crippen molar-refractivity contribution in [1.82, 2.24) is 5.32 Å². The Morgan fingerprint density at radius 3 is 2.88 bits per heavy atom. The van der Waals surface area contributed by atoms with E-state index in [4.69, 9.17) is 14.6 Å². The first-order valence-corrected chi connectivity index (χ1v) is 6.27. The lowest BCUT2D eigenvalue weighted by Gasteiger charge is -2.17. The van der Waals surface area contributed by atoms with Crippen molar-refractivity contribution < 1.29 is 19.4 Å². The van der Waals surface area contributed by atoms with Crippen molar-refractivity contribution in [3.63, 3.8) is 0 Å². The van der Waals surface area contributed by atoms with Gasteiger partial charge in [0.25, 0.3) is 0 Å². The highest BCUT2D eigenvalue weighted by molar-refractivity contribution is 5.73. The number of hydrogen-bond donors (Lipinski definition) is 2. The highest BCUT2D eigenvalue weighted by Crippen LogP contribution is 2.12. The predicted molar refractivity (Wildman–Crippen MR) is 64.1 cm³/mol. The zero-order valence-corrected chi connectivity index (χ0v) is 10.6. The van der Waals surface area contributed by atoms with E-state index in [1.54, 1.807) is 0 Å². The first-order valence-electron chi connectivity index (χ1n) is 6.27. The Morgan fingerprint density at radius 1 is 1.59 bits per heavy atom. The smallest absolute Gasteiger partial charge is 0.320 e. The molecular weight excluding hydrogens is 222 g/mol. The summed E-state index contributed by atoms with van der Waals surface area (Å²) < 4.78 is 10.9. The zero-order chi connectivity index (χ0) is 12.7. The molecule has 17 heavy (non-hydrogen) atoms. The summed E-state index contributed by atoms with van der Waals surface area (Å²) in [6.45, 7) is 5.72. The van der Waals surface area contributed by atoms with Crippen molar-refractivity contribution in [2.45, 2.75) is 51.3 Å². The van der Waals surface area contributed by atoms with Crippen LogP contribution in [-0.2, 0) is 14.3 Å². The number of aliphatic carboxylic acids is 1. The standard InChI is InChI=1S/C12H23NO4/c1-9(2)13-11(12(14)15)5-7-16-8-10-4-3-6-17-10/h9-11,13H,3-8H2,1-2H3,(H,14,15). The molecule has 2 N–H and O–H groups in total. The molecule has 5 heteroatoms. The second kappa shape index (κ2) is 7.63. The van der Waals surface area contributed by atoms with Gasteiger partial charge >= 0.3 is 5.97 Å². The van der Waals surface area contributed by atoms with Crippen molar-refractivity contribution in [3.05, 3.63) is 0 Å². The Morgan fingerprint density at radius 2 is 2.35 bits per heavy atom. The Kier molecular flexibility index (Phi) is 6.47. The third-order valence-electron chi connectivity index (χ3n) is 2.71. The van der Waals surface area contributed by atoms with Crippen molar-refractivity contribution in [1.29, 1.82) is 0 Å². The number of nitrogens with one attached hydrogen (secondary N) is 1. The average Bonchev–Trinajstić information content (AvgIpc) is 2.74. The Balaban J connectivity index is 2.11. The van der Waals surface area contributed by atoms with Gasteiger partial charge in [0, 0.05) is 19.3 Å². The Bertz CT molecular complexity index is 227. The van der Waals surface area contributed by atoms with E-state index in [0.717, 1.165) is 19.4 Å². The highest BCUT2D eigenvalue weighted by atomic mass is 16.5. The molecule has 0 saturated carbocycles. The van der Waals surface area contributed by atoms with Crippen LogP contribution in [0.3, 0.4) is 0 Å². The van der Waals surface area contributed by atoms with Gasteiger partial charge in [-0.15, -0.1) is 0 Å². The molecule has 1 fully saturated rings. The summed E-state index contributed by atoms with van der Waals surface area (Å²) in [5.41, 5.74) is 0. The summed E-state index contributed by atoms with van der Waals surface area (Å²) in [6, 6.07) is -0.367. The molecule has 1 aliphatic rings. The molecule has 0 aromatic rings. The topological polar surface area (TPSA) is 67.8 Å². The molecule has 100 valence electrons. The number of hydrogen-bond acceptors (Lipinski definition) is 4. The van der Waals surface area contributed by atoms with Gasteiger partial charge in [0.1, 0.15) is 6.04 Å². The van der Waals surface area contributed by atoms with Crippen LogP contribution in [0.25, 0.3) is 0 Å². The molecule has 5 nitrogen and oxygen atoms in total. The van der Waals surface area contributed by atoms with Crippen LogP contribution >= 0.6 is 0 Å². The molecule has 1 rings (SSSR count). The lowest BCUT2D eigenvalue weighted by Crippen LogP contribution is -2.41. The van der Waals surface area contributed by atoms with Crippen LogP contribution in [-0.4, -0.2) is 49.1 Å². The first-order chi connectivity index (χ1) is 8.09. The molecule has 2 atom stereocenters. The highest BCUT2D eigenvalue weighted by Gasteiger charge is 2.19. The fourth-order valence-electron chi connectivity index (χ4n) is 1.87. The largest absolute Gasteiger partial charge is 0.480 e. The summed E-state index contributed by atoms with van der Waals surface area (Å²) in [7, 11) is 0. The van der Waals surface area contributed by atoms with Gasteiger partial charge in [0.05, 0.1) is 12.7 Å². The fraction of sp³-hybridized carbons (Fsp3) is 0.917. The molecule has 0 aromatic heterocycles. The van der Waals surface area contributed by atoms with Gasteiger partial charge in [-0.1, -0.05) is 13.8 Å². The van der Waals surface area contributed by atoms with E-state index in [-0.39, 0.29) is 12.1 Å². The second-order valence-corrected chi connectivity index (χ2v) is 4.71. The molecule has 0 amide bonds.